The third kappa shape index (κ3) is 4.54. The number of ether oxygens (including phenoxy) is 2. The number of hydrogen-bond donors (Lipinski definition) is 2. The van der Waals surface area contributed by atoms with Crippen molar-refractivity contribution in [1.82, 2.24) is 4.98 Å². The number of para-hydroxylation sites is 1. The van der Waals surface area contributed by atoms with Crippen LogP contribution in [0.3, 0.4) is 0 Å². The predicted octanol–water partition coefficient (Wildman–Crippen LogP) is 3.80. The fourth-order valence-corrected chi connectivity index (χ4v) is 2.56. The zero-order valence-electron chi connectivity index (χ0n) is 14.6. The molecule has 0 fully saturated rings. The van der Waals surface area contributed by atoms with Gasteiger partial charge in [-0.15, -0.1) is 24.0 Å². The van der Waals surface area contributed by atoms with Crippen molar-refractivity contribution < 1.29 is 9.47 Å². The molecule has 0 radical (unpaired) electrons. The van der Waals surface area contributed by atoms with Crippen molar-refractivity contribution in [2.45, 2.75) is 6.54 Å². The van der Waals surface area contributed by atoms with E-state index in [0.717, 1.165) is 22.2 Å². The third-order valence-electron chi connectivity index (χ3n) is 3.82. The van der Waals surface area contributed by atoms with Gasteiger partial charge in [-0.1, -0.05) is 18.2 Å². The Morgan fingerprint density at radius 3 is 2.62 bits per heavy atom. The van der Waals surface area contributed by atoms with Crippen LogP contribution in [0, 0.1) is 0 Å². The molecule has 0 aliphatic rings. The number of aromatic nitrogens is 1. The Labute approximate surface area is 169 Å². The lowest BCUT2D eigenvalue weighted by Crippen LogP contribution is -2.22. The van der Waals surface area contributed by atoms with Gasteiger partial charge in [0.05, 0.1) is 26.3 Å². The zero-order chi connectivity index (χ0) is 17.6. The second-order valence-corrected chi connectivity index (χ2v) is 5.38. The molecule has 3 rings (SSSR count). The largest absolute Gasteiger partial charge is 0.493 e. The van der Waals surface area contributed by atoms with Crippen molar-refractivity contribution >= 4 is 46.5 Å². The lowest BCUT2D eigenvalue weighted by molar-refractivity contribution is 0.355. The number of benzene rings is 2. The van der Waals surface area contributed by atoms with Gasteiger partial charge in [-0.2, -0.15) is 0 Å². The standard InChI is InChI=1S/C19H20N4O2.HI/c1-24-17-8-7-14(11-18(17)25-2)23-19(20)22-12-13-9-10-21-16-6-4-3-5-15(13)16;/h3-11H,12H2,1-2H3,(H3,20,22,23);1H. The van der Waals surface area contributed by atoms with Gasteiger partial charge in [0.15, 0.2) is 17.5 Å². The molecular formula is C19H21IN4O2. The Morgan fingerprint density at radius 1 is 1.08 bits per heavy atom. The van der Waals surface area contributed by atoms with Crippen LogP contribution < -0.4 is 20.5 Å². The van der Waals surface area contributed by atoms with Crippen LogP contribution in [0.4, 0.5) is 5.69 Å². The Kier molecular flexibility index (Phi) is 7.02. The van der Waals surface area contributed by atoms with Crippen LogP contribution in [0.5, 0.6) is 11.5 Å². The second-order valence-electron chi connectivity index (χ2n) is 5.38. The molecule has 1 aromatic heterocycles. The summed E-state index contributed by atoms with van der Waals surface area (Å²) in [5, 5.41) is 4.14. The third-order valence-corrected chi connectivity index (χ3v) is 3.82. The van der Waals surface area contributed by atoms with Gasteiger partial charge in [-0.25, -0.2) is 4.99 Å². The zero-order valence-corrected chi connectivity index (χ0v) is 16.9. The summed E-state index contributed by atoms with van der Waals surface area (Å²) in [6, 6.07) is 15.4. The predicted molar refractivity (Wildman–Crippen MR) is 116 cm³/mol. The van der Waals surface area contributed by atoms with Crippen LogP contribution in [0.1, 0.15) is 5.56 Å². The van der Waals surface area contributed by atoms with Crippen LogP contribution in [-0.4, -0.2) is 25.2 Å². The van der Waals surface area contributed by atoms with Crippen molar-refractivity contribution in [2.24, 2.45) is 10.7 Å². The first-order valence-corrected chi connectivity index (χ1v) is 7.83. The van der Waals surface area contributed by atoms with Crippen LogP contribution >= 0.6 is 24.0 Å². The normalized spacial score (nSPS) is 10.9. The molecule has 0 saturated carbocycles. The monoisotopic (exact) mass is 464 g/mol. The van der Waals surface area contributed by atoms with Crippen molar-refractivity contribution in [3.05, 3.63) is 60.3 Å². The minimum absolute atomic E-state index is 0. The van der Waals surface area contributed by atoms with Crippen molar-refractivity contribution in [2.75, 3.05) is 19.5 Å². The number of nitrogens with one attached hydrogen (secondary N) is 1. The number of guanidine groups is 1. The minimum Gasteiger partial charge on any atom is -0.493 e. The van der Waals surface area contributed by atoms with E-state index in [1.165, 1.54) is 0 Å². The van der Waals surface area contributed by atoms with E-state index in [4.69, 9.17) is 15.2 Å². The number of anilines is 1. The molecule has 6 nitrogen and oxygen atoms in total. The van der Waals surface area contributed by atoms with Gasteiger partial charge in [0, 0.05) is 23.3 Å². The summed E-state index contributed by atoms with van der Waals surface area (Å²) in [5.41, 5.74) is 8.81. The number of rotatable bonds is 5. The molecule has 0 amide bonds. The molecule has 7 heteroatoms. The van der Waals surface area contributed by atoms with E-state index in [2.05, 4.69) is 15.3 Å². The highest BCUT2D eigenvalue weighted by atomic mass is 127. The van der Waals surface area contributed by atoms with Gasteiger partial charge in [-0.05, 0) is 29.8 Å². The van der Waals surface area contributed by atoms with Gasteiger partial charge < -0.3 is 20.5 Å². The summed E-state index contributed by atoms with van der Waals surface area (Å²) < 4.78 is 10.5. The SMILES string of the molecule is COc1ccc(NC(N)=NCc2ccnc3ccccc23)cc1OC.I. The Morgan fingerprint density at radius 2 is 1.85 bits per heavy atom. The van der Waals surface area contributed by atoms with Gasteiger partial charge in [-0.3, -0.25) is 4.98 Å². The van der Waals surface area contributed by atoms with Gasteiger partial charge in [0.25, 0.3) is 0 Å². The first-order chi connectivity index (χ1) is 12.2. The maximum Gasteiger partial charge on any atom is 0.193 e. The number of aliphatic imine (C=N–C) groups is 1. The molecule has 0 saturated heterocycles. The summed E-state index contributed by atoms with van der Waals surface area (Å²) in [5.74, 6) is 1.61. The van der Waals surface area contributed by atoms with Crippen LogP contribution in [0.2, 0.25) is 0 Å². The van der Waals surface area contributed by atoms with E-state index in [-0.39, 0.29) is 24.0 Å². The van der Waals surface area contributed by atoms with Gasteiger partial charge in [0.2, 0.25) is 0 Å². The summed E-state index contributed by atoms with van der Waals surface area (Å²) in [7, 11) is 3.19. The lowest BCUT2D eigenvalue weighted by Gasteiger charge is -2.11. The average molecular weight is 464 g/mol. The van der Waals surface area contributed by atoms with E-state index < -0.39 is 0 Å². The van der Waals surface area contributed by atoms with Crippen molar-refractivity contribution in [3.8, 4) is 11.5 Å². The first kappa shape index (κ1) is 19.8. The van der Waals surface area contributed by atoms with E-state index >= 15 is 0 Å². The maximum absolute atomic E-state index is 6.01. The lowest BCUT2D eigenvalue weighted by atomic mass is 10.1. The molecule has 0 aliphatic heterocycles. The second kappa shape index (κ2) is 9.23. The highest BCUT2D eigenvalue weighted by Gasteiger charge is 2.05. The average Bonchev–Trinajstić information content (AvgIpc) is 2.66. The molecule has 1 heterocycles. The molecular weight excluding hydrogens is 443 g/mol. The van der Waals surface area contributed by atoms with Crippen molar-refractivity contribution in [1.29, 1.82) is 0 Å². The molecule has 3 aromatic rings. The number of pyridine rings is 1. The topological polar surface area (TPSA) is 81.8 Å². The molecule has 0 unspecified atom stereocenters. The molecule has 0 bridgehead atoms. The quantitative estimate of drug-likeness (QED) is 0.341. The minimum atomic E-state index is 0. The van der Waals surface area contributed by atoms with Crippen LogP contribution in [0.15, 0.2) is 59.7 Å². The molecule has 0 atom stereocenters. The molecule has 3 N–H and O–H groups in total. The number of halogens is 1. The Balaban J connectivity index is 0.00000243. The number of methoxy groups -OCH3 is 2. The van der Waals surface area contributed by atoms with Crippen LogP contribution in [-0.2, 0) is 6.54 Å². The number of hydrogen-bond acceptors (Lipinski definition) is 4. The van der Waals surface area contributed by atoms with E-state index in [0.29, 0.717) is 24.0 Å². The number of fused-ring (bicyclic) bond motifs is 1. The maximum atomic E-state index is 6.01. The Bertz CT molecular complexity index is 910. The summed E-state index contributed by atoms with van der Waals surface area (Å²) in [6.07, 6.45) is 1.78. The van der Waals surface area contributed by atoms with E-state index in [1.54, 1.807) is 20.4 Å². The fourth-order valence-electron chi connectivity index (χ4n) is 2.56. The highest BCUT2D eigenvalue weighted by molar-refractivity contribution is 14.0. The van der Waals surface area contributed by atoms with Gasteiger partial charge >= 0.3 is 0 Å². The number of nitrogens with two attached hydrogens (primary N) is 1. The molecule has 0 aliphatic carbocycles. The van der Waals surface area contributed by atoms with Crippen LogP contribution in [0.25, 0.3) is 10.9 Å². The summed E-state index contributed by atoms with van der Waals surface area (Å²) in [6.45, 7) is 0.467. The summed E-state index contributed by atoms with van der Waals surface area (Å²) in [4.78, 5) is 8.77. The molecule has 2 aromatic carbocycles. The Hall–Kier alpha value is -2.55. The van der Waals surface area contributed by atoms with E-state index in [9.17, 15) is 0 Å². The fraction of sp³-hybridized carbons (Fsp3) is 0.158. The molecule has 136 valence electrons. The number of nitrogens with zero attached hydrogens (tertiary/aromatic N) is 2. The van der Waals surface area contributed by atoms with E-state index in [1.807, 2.05) is 48.5 Å². The molecule has 26 heavy (non-hydrogen) atoms. The highest BCUT2D eigenvalue weighted by Crippen LogP contribution is 2.29. The van der Waals surface area contributed by atoms with Gasteiger partial charge in [0.1, 0.15) is 0 Å². The smallest absolute Gasteiger partial charge is 0.193 e. The summed E-state index contributed by atoms with van der Waals surface area (Å²) >= 11 is 0. The first-order valence-electron chi connectivity index (χ1n) is 7.83. The molecule has 0 spiro atoms. The van der Waals surface area contributed by atoms with Crippen molar-refractivity contribution in [3.63, 3.8) is 0 Å².